The van der Waals surface area contributed by atoms with Gasteiger partial charge in [0.1, 0.15) is 0 Å². The van der Waals surface area contributed by atoms with Gasteiger partial charge in [0.05, 0.1) is 6.04 Å². The fourth-order valence-corrected chi connectivity index (χ4v) is 3.59. The lowest BCUT2D eigenvalue weighted by Crippen LogP contribution is -2.47. The molecule has 0 bridgehead atoms. The minimum atomic E-state index is -0.320. The summed E-state index contributed by atoms with van der Waals surface area (Å²) in [6, 6.07) is 0.0300. The van der Waals surface area contributed by atoms with Crippen LogP contribution in [0, 0.1) is 0 Å². The van der Waals surface area contributed by atoms with Crippen molar-refractivity contribution in [2.75, 3.05) is 5.75 Å². The summed E-state index contributed by atoms with van der Waals surface area (Å²) in [6.07, 6.45) is 6.51. The topological polar surface area (TPSA) is 55.1 Å². The average Bonchev–Trinajstić information content (AvgIpc) is 2.30. The fourth-order valence-electron chi connectivity index (χ4n) is 2.41. The van der Waals surface area contributed by atoms with Crippen LogP contribution in [0.5, 0.6) is 0 Å². The van der Waals surface area contributed by atoms with Gasteiger partial charge in [0.2, 0.25) is 5.91 Å². The van der Waals surface area contributed by atoms with E-state index in [0.29, 0.717) is 6.04 Å². The molecule has 18 heavy (non-hydrogen) atoms. The summed E-state index contributed by atoms with van der Waals surface area (Å²) in [6.45, 7) is 4.26. The van der Waals surface area contributed by atoms with Gasteiger partial charge in [-0.2, -0.15) is 11.8 Å². The molecule has 3 nitrogen and oxygen atoms in total. The zero-order valence-corrected chi connectivity index (χ0v) is 13.1. The smallest absolute Gasteiger partial charge is 0.237 e. The number of rotatable bonds is 6. The third-order valence-electron chi connectivity index (χ3n) is 3.31. The van der Waals surface area contributed by atoms with Crippen LogP contribution < -0.4 is 11.1 Å². The van der Waals surface area contributed by atoms with Gasteiger partial charge in [-0.05, 0) is 31.4 Å². The van der Waals surface area contributed by atoms with E-state index in [0.717, 1.165) is 30.9 Å². The highest BCUT2D eigenvalue weighted by molar-refractivity contribution is 7.99. The van der Waals surface area contributed by atoms with E-state index in [-0.39, 0.29) is 24.4 Å². The molecule has 0 spiro atoms. The average molecular weight is 295 g/mol. The number of carbonyl (C=O) groups is 1. The highest BCUT2D eigenvalue weighted by atomic mass is 35.5. The Hall–Kier alpha value is 0.0700. The van der Waals surface area contributed by atoms with Gasteiger partial charge in [0.15, 0.2) is 0 Å². The molecule has 0 aromatic rings. The largest absolute Gasteiger partial charge is 0.352 e. The van der Waals surface area contributed by atoms with E-state index in [1.807, 2.05) is 11.8 Å². The van der Waals surface area contributed by atoms with Crippen molar-refractivity contribution in [3.8, 4) is 0 Å². The molecule has 1 amide bonds. The van der Waals surface area contributed by atoms with Crippen molar-refractivity contribution in [2.24, 2.45) is 5.73 Å². The SMILES string of the molecule is CCCC(N)C(=O)NC1CCCC(SCC)C1.Cl. The molecule has 5 heteroatoms. The first-order valence-corrected chi connectivity index (χ1v) is 7.89. The Balaban J connectivity index is 0.00000289. The van der Waals surface area contributed by atoms with Crippen LogP contribution in [0.15, 0.2) is 0 Å². The second-order valence-corrected chi connectivity index (χ2v) is 6.42. The molecule has 1 saturated carbocycles. The first kappa shape index (κ1) is 18.1. The third kappa shape index (κ3) is 6.30. The van der Waals surface area contributed by atoms with Crippen LogP contribution in [0.1, 0.15) is 52.4 Å². The van der Waals surface area contributed by atoms with Gasteiger partial charge in [-0.3, -0.25) is 4.79 Å². The van der Waals surface area contributed by atoms with E-state index < -0.39 is 0 Å². The normalized spacial score (nSPS) is 25.1. The summed E-state index contributed by atoms with van der Waals surface area (Å²) in [5.41, 5.74) is 5.82. The number of carbonyl (C=O) groups excluding carboxylic acids is 1. The van der Waals surface area contributed by atoms with E-state index in [2.05, 4.69) is 19.2 Å². The quantitative estimate of drug-likeness (QED) is 0.792. The minimum Gasteiger partial charge on any atom is -0.352 e. The molecule has 0 saturated heterocycles. The molecule has 1 fully saturated rings. The van der Waals surface area contributed by atoms with Gasteiger partial charge >= 0.3 is 0 Å². The molecule has 0 aromatic carbocycles. The first-order chi connectivity index (χ1) is 8.17. The van der Waals surface area contributed by atoms with Gasteiger partial charge in [0.25, 0.3) is 0 Å². The Morgan fingerprint density at radius 1 is 1.44 bits per heavy atom. The molecule has 0 aromatic heterocycles. The van der Waals surface area contributed by atoms with E-state index in [4.69, 9.17) is 5.73 Å². The minimum absolute atomic E-state index is 0. The van der Waals surface area contributed by atoms with Crippen LogP contribution in [0.3, 0.4) is 0 Å². The third-order valence-corrected chi connectivity index (χ3v) is 4.54. The maximum atomic E-state index is 11.8. The zero-order chi connectivity index (χ0) is 12.7. The number of nitrogens with one attached hydrogen (secondary N) is 1. The lowest BCUT2D eigenvalue weighted by atomic mass is 9.94. The molecule has 1 aliphatic rings. The lowest BCUT2D eigenvalue weighted by Gasteiger charge is -2.30. The molecule has 3 unspecified atom stereocenters. The van der Waals surface area contributed by atoms with E-state index in [1.54, 1.807) is 0 Å². The molecule has 0 radical (unpaired) electrons. The molecular formula is C13H27ClN2OS. The van der Waals surface area contributed by atoms with Crippen LogP contribution in [-0.2, 0) is 4.79 Å². The van der Waals surface area contributed by atoms with Crippen molar-refractivity contribution in [1.82, 2.24) is 5.32 Å². The van der Waals surface area contributed by atoms with Gasteiger partial charge in [-0.1, -0.05) is 26.7 Å². The van der Waals surface area contributed by atoms with Gasteiger partial charge in [-0.25, -0.2) is 0 Å². The number of hydrogen-bond acceptors (Lipinski definition) is 3. The summed E-state index contributed by atoms with van der Waals surface area (Å²) in [4.78, 5) is 11.8. The van der Waals surface area contributed by atoms with E-state index in [1.165, 1.54) is 18.6 Å². The van der Waals surface area contributed by atoms with Crippen LogP contribution in [-0.4, -0.2) is 29.0 Å². The van der Waals surface area contributed by atoms with Crippen molar-refractivity contribution in [3.63, 3.8) is 0 Å². The zero-order valence-electron chi connectivity index (χ0n) is 11.5. The Bertz CT molecular complexity index is 239. The highest BCUT2D eigenvalue weighted by Gasteiger charge is 2.24. The van der Waals surface area contributed by atoms with Gasteiger partial charge in [-0.15, -0.1) is 12.4 Å². The summed E-state index contributed by atoms with van der Waals surface area (Å²) < 4.78 is 0. The summed E-state index contributed by atoms with van der Waals surface area (Å²) in [5, 5.41) is 3.84. The Morgan fingerprint density at radius 3 is 2.78 bits per heavy atom. The number of halogens is 1. The molecular weight excluding hydrogens is 268 g/mol. The number of amides is 1. The molecule has 0 heterocycles. The second kappa shape index (κ2) is 9.93. The summed E-state index contributed by atoms with van der Waals surface area (Å²) in [7, 11) is 0. The Kier molecular flexibility index (Phi) is 9.97. The van der Waals surface area contributed by atoms with Gasteiger partial charge < -0.3 is 11.1 Å². The molecule has 108 valence electrons. The molecule has 3 N–H and O–H groups in total. The second-order valence-electron chi connectivity index (χ2n) is 4.84. The summed E-state index contributed by atoms with van der Waals surface area (Å²) >= 11 is 2.02. The standard InChI is InChI=1S/C13H26N2OS.ClH/c1-3-6-12(14)13(16)15-10-7-5-8-11(9-10)17-4-2;/h10-12H,3-9,14H2,1-2H3,(H,15,16);1H. The van der Waals surface area contributed by atoms with Crippen molar-refractivity contribution in [3.05, 3.63) is 0 Å². The predicted molar refractivity (Wildman–Crippen MR) is 82.5 cm³/mol. The maximum Gasteiger partial charge on any atom is 0.237 e. The van der Waals surface area contributed by atoms with Crippen molar-refractivity contribution in [2.45, 2.75) is 69.7 Å². The predicted octanol–water partition coefficient (Wildman–Crippen LogP) is 2.72. The molecule has 1 rings (SSSR count). The van der Waals surface area contributed by atoms with Crippen molar-refractivity contribution >= 4 is 30.1 Å². The van der Waals surface area contributed by atoms with Crippen LogP contribution in [0.25, 0.3) is 0 Å². The van der Waals surface area contributed by atoms with E-state index in [9.17, 15) is 4.79 Å². The van der Waals surface area contributed by atoms with Crippen LogP contribution in [0.2, 0.25) is 0 Å². The van der Waals surface area contributed by atoms with Gasteiger partial charge in [0, 0.05) is 11.3 Å². The number of hydrogen-bond donors (Lipinski definition) is 2. The molecule has 3 atom stereocenters. The Morgan fingerprint density at radius 2 is 2.17 bits per heavy atom. The van der Waals surface area contributed by atoms with Crippen LogP contribution in [0.4, 0.5) is 0 Å². The molecule has 1 aliphatic carbocycles. The summed E-state index contributed by atoms with van der Waals surface area (Å²) in [5.74, 6) is 1.21. The highest BCUT2D eigenvalue weighted by Crippen LogP contribution is 2.28. The number of thioether (sulfide) groups is 1. The number of nitrogens with two attached hydrogens (primary N) is 1. The molecule has 0 aliphatic heterocycles. The van der Waals surface area contributed by atoms with Crippen molar-refractivity contribution in [1.29, 1.82) is 0 Å². The Labute approximate surface area is 121 Å². The maximum absolute atomic E-state index is 11.8. The fraction of sp³-hybridized carbons (Fsp3) is 0.923. The first-order valence-electron chi connectivity index (χ1n) is 6.84. The van der Waals surface area contributed by atoms with Crippen molar-refractivity contribution < 1.29 is 4.79 Å². The van der Waals surface area contributed by atoms with E-state index >= 15 is 0 Å². The monoisotopic (exact) mass is 294 g/mol. The lowest BCUT2D eigenvalue weighted by molar-refractivity contribution is -0.123. The van der Waals surface area contributed by atoms with Crippen LogP contribution >= 0.6 is 24.2 Å².